The number of benzene rings is 1. The zero-order valence-corrected chi connectivity index (χ0v) is 16.2. The number of ether oxygens (including phenoxy) is 2. The second kappa shape index (κ2) is 6.75. The lowest BCUT2D eigenvalue weighted by Gasteiger charge is -2.49. The molecule has 0 bridgehead atoms. The molecule has 0 aliphatic heterocycles. The van der Waals surface area contributed by atoms with Gasteiger partial charge in [0, 0.05) is 6.08 Å². The van der Waals surface area contributed by atoms with Crippen LogP contribution in [0.4, 0.5) is 0 Å². The van der Waals surface area contributed by atoms with Crippen molar-refractivity contribution in [2.45, 2.75) is 58.3 Å². The SMILES string of the molecule is CCOC(=O)/C=C1\CCC2C3CCc4cc(OC)ccc4C3CCC12C. The minimum Gasteiger partial charge on any atom is -0.497 e. The summed E-state index contributed by atoms with van der Waals surface area (Å²) in [5, 5.41) is 0. The summed E-state index contributed by atoms with van der Waals surface area (Å²) >= 11 is 0. The molecule has 2 saturated carbocycles. The monoisotopic (exact) mass is 354 g/mol. The Labute approximate surface area is 156 Å². The van der Waals surface area contributed by atoms with Gasteiger partial charge in [0.1, 0.15) is 5.75 Å². The maximum atomic E-state index is 12.0. The Kier molecular flexibility index (Phi) is 4.58. The summed E-state index contributed by atoms with van der Waals surface area (Å²) in [5.74, 6) is 2.92. The van der Waals surface area contributed by atoms with E-state index in [9.17, 15) is 4.79 Å². The normalized spacial score (nSPS) is 34.0. The van der Waals surface area contributed by atoms with Gasteiger partial charge in [-0.25, -0.2) is 4.79 Å². The van der Waals surface area contributed by atoms with Crippen LogP contribution in [0.1, 0.15) is 63.0 Å². The molecular weight excluding hydrogens is 324 g/mol. The predicted octanol–water partition coefficient (Wildman–Crippen LogP) is 5.04. The van der Waals surface area contributed by atoms with Crippen LogP contribution < -0.4 is 4.74 Å². The van der Waals surface area contributed by atoms with Gasteiger partial charge < -0.3 is 9.47 Å². The van der Waals surface area contributed by atoms with E-state index in [2.05, 4.69) is 25.1 Å². The van der Waals surface area contributed by atoms with E-state index >= 15 is 0 Å². The molecule has 3 aliphatic carbocycles. The Bertz CT molecular complexity index is 735. The van der Waals surface area contributed by atoms with Crippen LogP contribution in [-0.2, 0) is 16.0 Å². The van der Waals surface area contributed by atoms with Crippen LogP contribution >= 0.6 is 0 Å². The van der Waals surface area contributed by atoms with Gasteiger partial charge in [-0.3, -0.25) is 0 Å². The van der Waals surface area contributed by atoms with Gasteiger partial charge in [0.05, 0.1) is 13.7 Å². The molecule has 0 heterocycles. The first kappa shape index (κ1) is 17.6. The molecule has 1 aromatic rings. The highest BCUT2D eigenvalue weighted by atomic mass is 16.5. The largest absolute Gasteiger partial charge is 0.497 e. The lowest BCUT2D eigenvalue weighted by Crippen LogP contribution is -2.40. The Morgan fingerprint density at radius 2 is 2.12 bits per heavy atom. The van der Waals surface area contributed by atoms with Gasteiger partial charge in [-0.05, 0) is 91.9 Å². The summed E-state index contributed by atoms with van der Waals surface area (Å²) in [6, 6.07) is 6.66. The molecule has 2 fully saturated rings. The minimum absolute atomic E-state index is 0.160. The zero-order chi connectivity index (χ0) is 18.3. The van der Waals surface area contributed by atoms with Crippen LogP contribution in [0, 0.1) is 17.3 Å². The summed E-state index contributed by atoms with van der Waals surface area (Å²) in [7, 11) is 1.75. The first-order valence-corrected chi connectivity index (χ1v) is 10.1. The van der Waals surface area contributed by atoms with Crippen molar-refractivity contribution >= 4 is 5.97 Å². The van der Waals surface area contributed by atoms with Gasteiger partial charge in [0.15, 0.2) is 0 Å². The molecule has 140 valence electrons. The van der Waals surface area contributed by atoms with E-state index in [1.165, 1.54) is 36.8 Å². The minimum atomic E-state index is -0.160. The van der Waals surface area contributed by atoms with Crippen molar-refractivity contribution in [2.75, 3.05) is 13.7 Å². The highest BCUT2D eigenvalue weighted by Crippen LogP contribution is 2.62. The Balaban J connectivity index is 1.61. The number of hydrogen-bond acceptors (Lipinski definition) is 3. The van der Waals surface area contributed by atoms with E-state index in [0.717, 1.165) is 24.5 Å². The Hall–Kier alpha value is -1.77. The molecule has 4 unspecified atom stereocenters. The maximum Gasteiger partial charge on any atom is 0.330 e. The number of fused-ring (bicyclic) bond motifs is 5. The number of methoxy groups -OCH3 is 1. The highest BCUT2D eigenvalue weighted by molar-refractivity contribution is 5.83. The van der Waals surface area contributed by atoms with Crippen molar-refractivity contribution in [3.63, 3.8) is 0 Å². The molecular formula is C23H30O3. The third-order valence-electron chi connectivity index (χ3n) is 7.36. The van der Waals surface area contributed by atoms with Crippen molar-refractivity contribution in [2.24, 2.45) is 17.3 Å². The summed E-state index contributed by atoms with van der Waals surface area (Å²) in [6.07, 6.45) is 8.89. The highest BCUT2D eigenvalue weighted by Gasteiger charge is 2.52. The summed E-state index contributed by atoms with van der Waals surface area (Å²) in [6.45, 7) is 4.72. The molecule has 3 nitrogen and oxygen atoms in total. The zero-order valence-electron chi connectivity index (χ0n) is 16.2. The predicted molar refractivity (Wildman–Crippen MR) is 102 cm³/mol. The third kappa shape index (κ3) is 2.76. The number of carbonyl (C=O) groups is 1. The number of carbonyl (C=O) groups excluding carboxylic acids is 1. The van der Waals surface area contributed by atoms with Gasteiger partial charge in [-0.1, -0.05) is 18.6 Å². The van der Waals surface area contributed by atoms with Crippen LogP contribution in [-0.4, -0.2) is 19.7 Å². The van der Waals surface area contributed by atoms with Gasteiger partial charge in [-0.2, -0.15) is 0 Å². The molecule has 3 aliphatic rings. The summed E-state index contributed by atoms with van der Waals surface area (Å²) < 4.78 is 10.6. The maximum absolute atomic E-state index is 12.0. The molecule has 0 N–H and O–H groups in total. The van der Waals surface area contributed by atoms with Crippen molar-refractivity contribution in [3.8, 4) is 5.75 Å². The van der Waals surface area contributed by atoms with Gasteiger partial charge in [0.25, 0.3) is 0 Å². The van der Waals surface area contributed by atoms with Crippen LogP contribution in [0.25, 0.3) is 0 Å². The number of aryl methyl sites for hydroxylation is 1. The summed E-state index contributed by atoms with van der Waals surface area (Å²) in [5.41, 5.74) is 4.54. The number of allylic oxidation sites excluding steroid dienone is 1. The van der Waals surface area contributed by atoms with Crippen molar-refractivity contribution in [1.29, 1.82) is 0 Å². The van der Waals surface area contributed by atoms with E-state index in [4.69, 9.17) is 9.47 Å². The standard InChI is InChI=1S/C23H30O3/c1-4-26-22(24)14-16-6-10-21-20-8-5-15-13-17(25-3)7-9-18(15)19(20)11-12-23(16,21)2/h7,9,13-14,19-21H,4-6,8,10-12H2,1-3H3/b16-14+. The van der Waals surface area contributed by atoms with Crippen molar-refractivity contribution < 1.29 is 14.3 Å². The van der Waals surface area contributed by atoms with Gasteiger partial charge in [0.2, 0.25) is 0 Å². The fourth-order valence-corrected chi connectivity index (χ4v) is 6.10. The second-order valence-electron chi connectivity index (χ2n) is 8.40. The molecule has 1 aromatic carbocycles. The topological polar surface area (TPSA) is 35.5 Å². The lowest BCUT2D eigenvalue weighted by atomic mass is 9.55. The Morgan fingerprint density at radius 3 is 2.88 bits per heavy atom. The fourth-order valence-electron chi connectivity index (χ4n) is 6.10. The molecule has 0 radical (unpaired) electrons. The van der Waals surface area contributed by atoms with E-state index in [1.807, 2.05) is 13.0 Å². The smallest absolute Gasteiger partial charge is 0.330 e. The second-order valence-corrected chi connectivity index (χ2v) is 8.40. The van der Waals surface area contributed by atoms with Crippen molar-refractivity contribution in [3.05, 3.63) is 41.0 Å². The lowest BCUT2D eigenvalue weighted by molar-refractivity contribution is -0.137. The van der Waals surface area contributed by atoms with Crippen LogP contribution in [0.15, 0.2) is 29.8 Å². The van der Waals surface area contributed by atoms with Crippen LogP contribution in [0.3, 0.4) is 0 Å². The third-order valence-corrected chi connectivity index (χ3v) is 7.36. The first-order valence-electron chi connectivity index (χ1n) is 10.1. The average Bonchev–Trinajstić information content (AvgIpc) is 2.97. The number of rotatable bonds is 3. The molecule has 0 aromatic heterocycles. The first-order chi connectivity index (χ1) is 12.6. The fraction of sp³-hybridized carbons (Fsp3) is 0.609. The van der Waals surface area contributed by atoms with Gasteiger partial charge >= 0.3 is 5.97 Å². The Morgan fingerprint density at radius 1 is 1.27 bits per heavy atom. The van der Waals surface area contributed by atoms with Crippen molar-refractivity contribution in [1.82, 2.24) is 0 Å². The summed E-state index contributed by atoms with van der Waals surface area (Å²) in [4.78, 5) is 12.0. The number of hydrogen-bond donors (Lipinski definition) is 0. The quantitative estimate of drug-likeness (QED) is 0.563. The van der Waals surface area contributed by atoms with Gasteiger partial charge in [-0.15, -0.1) is 0 Å². The van der Waals surface area contributed by atoms with E-state index < -0.39 is 0 Å². The van der Waals surface area contributed by atoms with E-state index in [-0.39, 0.29) is 11.4 Å². The molecule has 26 heavy (non-hydrogen) atoms. The average molecular weight is 354 g/mol. The van der Waals surface area contributed by atoms with E-state index in [0.29, 0.717) is 18.4 Å². The van der Waals surface area contributed by atoms with Crippen LogP contribution in [0.2, 0.25) is 0 Å². The van der Waals surface area contributed by atoms with E-state index in [1.54, 1.807) is 12.7 Å². The molecule has 4 atom stereocenters. The molecule has 3 heteroatoms. The molecule has 0 spiro atoms. The molecule has 4 rings (SSSR count). The molecule has 0 saturated heterocycles. The molecule has 0 amide bonds. The van der Waals surface area contributed by atoms with Crippen LogP contribution in [0.5, 0.6) is 5.75 Å². The number of esters is 1.